The number of carbonyl (C=O) groups excluding carboxylic acids is 1. The zero-order valence-corrected chi connectivity index (χ0v) is 11.7. The van der Waals surface area contributed by atoms with Gasteiger partial charge in [0.25, 0.3) is 0 Å². The van der Waals surface area contributed by atoms with Crippen molar-refractivity contribution >= 4 is 5.78 Å². The molecule has 21 heavy (non-hydrogen) atoms. The van der Waals surface area contributed by atoms with Gasteiger partial charge in [-0.25, -0.2) is 4.98 Å². The van der Waals surface area contributed by atoms with E-state index in [0.29, 0.717) is 23.1 Å². The number of carbonyl (C=O) groups is 1. The van der Waals surface area contributed by atoms with Crippen molar-refractivity contribution < 1.29 is 9.32 Å². The first kappa shape index (κ1) is 13.2. The summed E-state index contributed by atoms with van der Waals surface area (Å²) in [4.78, 5) is 20.8. The molecule has 106 valence electrons. The van der Waals surface area contributed by atoms with Gasteiger partial charge in [0.2, 0.25) is 11.7 Å². The lowest BCUT2D eigenvalue weighted by Gasteiger charge is -2.04. The lowest BCUT2D eigenvalue weighted by molar-refractivity contribution is 0.0951. The number of ketones is 1. The number of hydrogen-bond acceptors (Lipinski definition) is 5. The molecule has 1 aromatic carbocycles. The van der Waals surface area contributed by atoms with E-state index < -0.39 is 5.92 Å². The summed E-state index contributed by atoms with van der Waals surface area (Å²) in [6.45, 7) is 1.76. The van der Waals surface area contributed by atoms with Crippen molar-refractivity contribution in [3.05, 3.63) is 54.2 Å². The molecule has 0 saturated carbocycles. The molecule has 0 aliphatic heterocycles. The third-order valence-corrected chi connectivity index (χ3v) is 3.28. The lowest BCUT2D eigenvalue weighted by Crippen LogP contribution is -2.09. The van der Waals surface area contributed by atoms with Crippen LogP contribution < -0.4 is 0 Å². The Kier molecular flexibility index (Phi) is 3.35. The second kappa shape index (κ2) is 5.32. The molecule has 0 amide bonds. The summed E-state index contributed by atoms with van der Waals surface area (Å²) in [5, 5.41) is 3.89. The summed E-state index contributed by atoms with van der Waals surface area (Å²) in [6, 6.07) is 9.07. The molecule has 0 N–H and O–H groups in total. The third kappa shape index (κ3) is 2.47. The van der Waals surface area contributed by atoms with Gasteiger partial charge in [0.15, 0.2) is 11.6 Å². The van der Waals surface area contributed by atoms with Gasteiger partial charge in [-0.1, -0.05) is 35.5 Å². The molecule has 1 unspecified atom stereocenters. The fourth-order valence-electron chi connectivity index (χ4n) is 2.05. The van der Waals surface area contributed by atoms with Crippen LogP contribution in [0.4, 0.5) is 0 Å². The quantitative estimate of drug-likeness (QED) is 0.687. The first-order chi connectivity index (χ1) is 10.2. The van der Waals surface area contributed by atoms with Gasteiger partial charge in [-0.2, -0.15) is 4.98 Å². The normalized spacial score (nSPS) is 12.3. The number of imidazole rings is 1. The Bertz CT molecular complexity index is 761. The first-order valence-corrected chi connectivity index (χ1v) is 6.57. The minimum absolute atomic E-state index is 0.0503. The van der Waals surface area contributed by atoms with Gasteiger partial charge in [0.1, 0.15) is 0 Å². The fraction of sp³-hybridized carbons (Fsp3) is 0.200. The van der Waals surface area contributed by atoms with Crippen molar-refractivity contribution in [1.29, 1.82) is 0 Å². The molecule has 3 rings (SSSR count). The number of aryl methyl sites for hydroxylation is 1. The topological polar surface area (TPSA) is 73.8 Å². The highest BCUT2D eigenvalue weighted by Gasteiger charge is 2.24. The van der Waals surface area contributed by atoms with Gasteiger partial charge in [-0.3, -0.25) is 4.79 Å². The average Bonchev–Trinajstić information content (AvgIpc) is 3.15. The Hall–Kier alpha value is -2.76. The Morgan fingerprint density at radius 2 is 2.05 bits per heavy atom. The van der Waals surface area contributed by atoms with Gasteiger partial charge in [0.05, 0.1) is 5.92 Å². The molecule has 0 bridgehead atoms. The summed E-state index contributed by atoms with van der Waals surface area (Å²) in [5.41, 5.74) is 0.627. The van der Waals surface area contributed by atoms with E-state index in [0.717, 1.165) is 0 Å². The van der Waals surface area contributed by atoms with E-state index in [2.05, 4.69) is 15.1 Å². The number of benzene rings is 1. The van der Waals surface area contributed by atoms with Crippen LogP contribution in [0.2, 0.25) is 0 Å². The highest BCUT2D eigenvalue weighted by Crippen LogP contribution is 2.21. The predicted octanol–water partition coefficient (Wildman–Crippen LogP) is 2.46. The van der Waals surface area contributed by atoms with Gasteiger partial charge in [0, 0.05) is 25.0 Å². The SMILES string of the molecule is CC(C(=O)c1ccccc1)c1nc(-c2nccn2C)no1. The third-order valence-electron chi connectivity index (χ3n) is 3.28. The van der Waals surface area contributed by atoms with E-state index in [9.17, 15) is 4.79 Å². The summed E-state index contributed by atoms with van der Waals surface area (Å²) in [6.07, 6.45) is 3.45. The maximum atomic E-state index is 12.4. The second-order valence-corrected chi connectivity index (χ2v) is 4.77. The molecule has 0 aliphatic carbocycles. The first-order valence-electron chi connectivity index (χ1n) is 6.57. The maximum Gasteiger partial charge on any atom is 0.238 e. The van der Waals surface area contributed by atoms with Crippen molar-refractivity contribution in [2.45, 2.75) is 12.8 Å². The van der Waals surface area contributed by atoms with E-state index >= 15 is 0 Å². The van der Waals surface area contributed by atoms with Crippen molar-refractivity contribution in [1.82, 2.24) is 19.7 Å². The van der Waals surface area contributed by atoms with E-state index in [4.69, 9.17) is 4.52 Å². The smallest absolute Gasteiger partial charge is 0.238 e. The van der Waals surface area contributed by atoms with Gasteiger partial charge < -0.3 is 9.09 Å². The molecule has 0 spiro atoms. The van der Waals surface area contributed by atoms with Crippen LogP contribution >= 0.6 is 0 Å². The number of aromatic nitrogens is 4. The number of nitrogens with zero attached hydrogens (tertiary/aromatic N) is 4. The second-order valence-electron chi connectivity index (χ2n) is 4.77. The molecular weight excluding hydrogens is 268 g/mol. The largest absolute Gasteiger partial charge is 0.338 e. The summed E-state index contributed by atoms with van der Waals surface area (Å²) < 4.78 is 7.00. The van der Waals surface area contributed by atoms with Crippen LogP contribution in [0.5, 0.6) is 0 Å². The minimum atomic E-state index is -0.492. The zero-order valence-electron chi connectivity index (χ0n) is 11.7. The van der Waals surface area contributed by atoms with Crippen LogP contribution in [-0.2, 0) is 7.05 Å². The Morgan fingerprint density at radius 1 is 1.29 bits per heavy atom. The maximum absolute atomic E-state index is 12.4. The molecule has 6 heteroatoms. The molecule has 0 saturated heterocycles. The van der Waals surface area contributed by atoms with Gasteiger partial charge in [-0.05, 0) is 6.92 Å². The molecule has 3 aromatic rings. The lowest BCUT2D eigenvalue weighted by atomic mass is 9.99. The Morgan fingerprint density at radius 3 is 2.71 bits per heavy atom. The number of rotatable bonds is 4. The highest BCUT2D eigenvalue weighted by atomic mass is 16.5. The molecule has 0 fully saturated rings. The van der Waals surface area contributed by atoms with Crippen LogP contribution in [0.25, 0.3) is 11.6 Å². The molecule has 2 aromatic heterocycles. The predicted molar refractivity (Wildman–Crippen MR) is 75.7 cm³/mol. The monoisotopic (exact) mass is 282 g/mol. The van der Waals surface area contributed by atoms with Crippen molar-refractivity contribution in [3.63, 3.8) is 0 Å². The molecule has 1 atom stereocenters. The molecular formula is C15H14N4O2. The molecule has 0 aliphatic rings. The standard InChI is InChI=1S/C15H14N4O2/c1-10(12(20)11-6-4-3-5-7-11)15-17-13(18-21-15)14-16-8-9-19(14)2/h3-10H,1-2H3. The molecule has 6 nitrogen and oxygen atoms in total. The van der Waals surface area contributed by atoms with E-state index in [1.807, 2.05) is 25.2 Å². The van der Waals surface area contributed by atoms with Crippen LogP contribution in [-0.4, -0.2) is 25.5 Å². The van der Waals surface area contributed by atoms with Crippen molar-refractivity contribution in [2.24, 2.45) is 7.05 Å². The number of hydrogen-bond donors (Lipinski definition) is 0. The zero-order chi connectivity index (χ0) is 14.8. The van der Waals surface area contributed by atoms with E-state index in [-0.39, 0.29) is 5.78 Å². The van der Waals surface area contributed by atoms with Crippen LogP contribution in [0, 0.1) is 0 Å². The average molecular weight is 282 g/mol. The Balaban J connectivity index is 1.86. The highest BCUT2D eigenvalue weighted by molar-refractivity contribution is 6.00. The summed E-state index contributed by atoms with van der Waals surface area (Å²) >= 11 is 0. The van der Waals surface area contributed by atoms with Crippen LogP contribution in [0.15, 0.2) is 47.2 Å². The van der Waals surface area contributed by atoms with Crippen molar-refractivity contribution in [2.75, 3.05) is 0 Å². The molecule has 0 radical (unpaired) electrons. The summed E-state index contributed by atoms with van der Waals surface area (Å²) in [7, 11) is 1.84. The van der Waals surface area contributed by atoms with Gasteiger partial charge >= 0.3 is 0 Å². The number of Topliss-reactive ketones (excluding diaryl/α,β-unsaturated/α-hetero) is 1. The molecule has 2 heterocycles. The van der Waals surface area contributed by atoms with E-state index in [1.54, 1.807) is 36.0 Å². The van der Waals surface area contributed by atoms with Crippen molar-refractivity contribution in [3.8, 4) is 11.6 Å². The van der Waals surface area contributed by atoms with Crippen LogP contribution in [0.3, 0.4) is 0 Å². The minimum Gasteiger partial charge on any atom is -0.338 e. The Labute approximate surface area is 121 Å². The van der Waals surface area contributed by atoms with Gasteiger partial charge in [-0.15, -0.1) is 0 Å². The van der Waals surface area contributed by atoms with E-state index in [1.165, 1.54) is 0 Å². The summed E-state index contributed by atoms with van der Waals surface area (Å²) in [5.74, 6) is 0.732. The fourth-order valence-corrected chi connectivity index (χ4v) is 2.05. The van der Waals surface area contributed by atoms with Crippen LogP contribution in [0.1, 0.15) is 29.1 Å².